The molecule has 0 spiro atoms. The van der Waals surface area contributed by atoms with Crippen molar-refractivity contribution >= 4 is 33.5 Å². The number of fused-ring (bicyclic) bond motifs is 1. The fourth-order valence-corrected chi connectivity index (χ4v) is 4.00. The van der Waals surface area contributed by atoms with E-state index in [9.17, 15) is 4.79 Å². The van der Waals surface area contributed by atoms with E-state index in [1.807, 2.05) is 79.2 Å². The second kappa shape index (κ2) is 7.78. The molecule has 5 nitrogen and oxygen atoms in total. The van der Waals surface area contributed by atoms with E-state index in [2.05, 4.69) is 15.4 Å². The Bertz CT molecular complexity index is 1120. The molecule has 4 rings (SSSR count). The molecule has 1 N–H and O–H groups in total. The van der Waals surface area contributed by atoms with Crippen molar-refractivity contribution in [1.82, 2.24) is 20.1 Å². The number of rotatable bonds is 5. The molecule has 0 saturated carbocycles. The number of thiazole rings is 1. The Morgan fingerprint density at radius 3 is 2.64 bits per heavy atom. The zero-order valence-corrected chi connectivity index (χ0v) is 16.5. The number of aryl methyl sites for hydroxylation is 1. The van der Waals surface area contributed by atoms with E-state index < -0.39 is 0 Å². The molecule has 0 saturated heterocycles. The molecule has 140 valence electrons. The highest BCUT2D eigenvalue weighted by atomic mass is 32.1. The number of aromatic nitrogens is 3. The van der Waals surface area contributed by atoms with Crippen molar-refractivity contribution in [1.29, 1.82) is 0 Å². The van der Waals surface area contributed by atoms with E-state index in [0.717, 1.165) is 37.9 Å². The van der Waals surface area contributed by atoms with E-state index in [4.69, 9.17) is 0 Å². The Hall–Kier alpha value is -3.25. The number of benzene rings is 2. The monoisotopic (exact) mass is 388 g/mol. The maximum atomic E-state index is 12.3. The summed E-state index contributed by atoms with van der Waals surface area (Å²) >= 11 is 1.60. The summed E-state index contributed by atoms with van der Waals surface area (Å²) in [4.78, 5) is 16.8. The number of para-hydroxylation sites is 2. The van der Waals surface area contributed by atoms with Gasteiger partial charge < -0.3 is 5.32 Å². The van der Waals surface area contributed by atoms with Crippen LogP contribution in [0.4, 0.5) is 0 Å². The molecule has 0 aliphatic rings. The second-order valence-electron chi connectivity index (χ2n) is 6.46. The molecule has 0 aliphatic heterocycles. The van der Waals surface area contributed by atoms with Crippen LogP contribution in [0.15, 0.2) is 60.7 Å². The maximum Gasteiger partial charge on any atom is 0.244 e. The van der Waals surface area contributed by atoms with Crippen LogP contribution < -0.4 is 5.32 Å². The van der Waals surface area contributed by atoms with Crippen LogP contribution in [-0.2, 0) is 11.3 Å². The van der Waals surface area contributed by atoms with E-state index in [-0.39, 0.29) is 5.91 Å². The van der Waals surface area contributed by atoms with E-state index in [0.29, 0.717) is 6.54 Å². The molecular formula is C22H20N4OS. The summed E-state index contributed by atoms with van der Waals surface area (Å²) in [6, 6.07) is 17.9. The van der Waals surface area contributed by atoms with Crippen LogP contribution in [0.25, 0.3) is 22.0 Å². The predicted octanol–water partition coefficient (Wildman–Crippen LogP) is 4.43. The van der Waals surface area contributed by atoms with Gasteiger partial charge in [-0.1, -0.05) is 30.3 Å². The Balaban J connectivity index is 1.45. The number of amides is 1. The van der Waals surface area contributed by atoms with Gasteiger partial charge in [0.15, 0.2) is 0 Å². The van der Waals surface area contributed by atoms with Crippen molar-refractivity contribution < 1.29 is 4.79 Å². The van der Waals surface area contributed by atoms with Gasteiger partial charge in [-0.05, 0) is 44.2 Å². The smallest absolute Gasteiger partial charge is 0.244 e. The number of hydrogen-bond donors (Lipinski definition) is 1. The summed E-state index contributed by atoms with van der Waals surface area (Å²) in [6.07, 6.45) is 3.38. The Kier molecular flexibility index (Phi) is 5.04. The SMILES string of the molecule is Cc1nn(-c2ccccc2)c(C)c1/C=C/C(=O)NCc1nc2ccccc2s1. The predicted molar refractivity (Wildman–Crippen MR) is 114 cm³/mol. The minimum atomic E-state index is -0.148. The zero-order chi connectivity index (χ0) is 19.5. The summed E-state index contributed by atoms with van der Waals surface area (Å²) in [5, 5.41) is 8.40. The molecular weight excluding hydrogens is 368 g/mol. The van der Waals surface area contributed by atoms with Gasteiger partial charge in [0.2, 0.25) is 5.91 Å². The fraction of sp³-hybridized carbons (Fsp3) is 0.136. The third-order valence-electron chi connectivity index (χ3n) is 4.50. The third-order valence-corrected chi connectivity index (χ3v) is 5.54. The number of nitrogens with one attached hydrogen (secondary N) is 1. The maximum absolute atomic E-state index is 12.3. The third kappa shape index (κ3) is 3.73. The summed E-state index contributed by atoms with van der Waals surface area (Å²) in [6.45, 7) is 4.38. The lowest BCUT2D eigenvalue weighted by Gasteiger charge is -2.03. The van der Waals surface area contributed by atoms with Crippen LogP contribution in [0.3, 0.4) is 0 Å². The largest absolute Gasteiger partial charge is 0.346 e. The molecule has 4 aromatic rings. The number of carbonyl (C=O) groups excluding carboxylic acids is 1. The van der Waals surface area contributed by atoms with Gasteiger partial charge in [0.25, 0.3) is 0 Å². The molecule has 6 heteroatoms. The highest BCUT2D eigenvalue weighted by Crippen LogP contribution is 2.21. The summed E-state index contributed by atoms with van der Waals surface area (Å²) < 4.78 is 3.02. The van der Waals surface area contributed by atoms with Crippen molar-refractivity contribution in [3.63, 3.8) is 0 Å². The zero-order valence-electron chi connectivity index (χ0n) is 15.7. The lowest BCUT2D eigenvalue weighted by molar-refractivity contribution is -0.116. The van der Waals surface area contributed by atoms with Crippen molar-refractivity contribution in [2.45, 2.75) is 20.4 Å². The topological polar surface area (TPSA) is 59.8 Å². The molecule has 28 heavy (non-hydrogen) atoms. The van der Waals surface area contributed by atoms with E-state index in [1.54, 1.807) is 17.4 Å². The first-order valence-corrected chi connectivity index (χ1v) is 9.85. The van der Waals surface area contributed by atoms with Crippen LogP contribution in [0.5, 0.6) is 0 Å². The Morgan fingerprint density at radius 2 is 1.86 bits per heavy atom. The number of hydrogen-bond acceptors (Lipinski definition) is 4. The van der Waals surface area contributed by atoms with Crippen LogP contribution >= 0.6 is 11.3 Å². The summed E-state index contributed by atoms with van der Waals surface area (Å²) in [5.41, 5.74) is 4.81. The molecule has 1 amide bonds. The average molecular weight is 388 g/mol. The lowest BCUT2D eigenvalue weighted by atomic mass is 10.2. The summed E-state index contributed by atoms with van der Waals surface area (Å²) in [7, 11) is 0. The van der Waals surface area contributed by atoms with Gasteiger partial charge in [-0.15, -0.1) is 11.3 Å². The van der Waals surface area contributed by atoms with Crippen LogP contribution in [0.1, 0.15) is 22.0 Å². The highest BCUT2D eigenvalue weighted by molar-refractivity contribution is 7.18. The molecule has 0 fully saturated rings. The fourth-order valence-electron chi connectivity index (χ4n) is 3.09. The second-order valence-corrected chi connectivity index (χ2v) is 7.57. The summed E-state index contributed by atoms with van der Waals surface area (Å²) in [5.74, 6) is -0.148. The molecule has 2 aromatic heterocycles. The molecule has 0 bridgehead atoms. The van der Waals surface area contributed by atoms with Gasteiger partial charge >= 0.3 is 0 Å². The van der Waals surface area contributed by atoms with Crippen molar-refractivity contribution in [3.05, 3.63) is 82.6 Å². The molecule has 0 atom stereocenters. The van der Waals surface area contributed by atoms with Gasteiger partial charge in [-0.3, -0.25) is 4.79 Å². The molecule has 2 aromatic carbocycles. The highest BCUT2D eigenvalue weighted by Gasteiger charge is 2.11. The van der Waals surface area contributed by atoms with Crippen LogP contribution in [0.2, 0.25) is 0 Å². The minimum Gasteiger partial charge on any atom is -0.346 e. The van der Waals surface area contributed by atoms with Gasteiger partial charge in [-0.2, -0.15) is 5.10 Å². The van der Waals surface area contributed by atoms with Crippen LogP contribution in [0, 0.1) is 13.8 Å². The molecule has 0 radical (unpaired) electrons. The Morgan fingerprint density at radius 1 is 1.11 bits per heavy atom. The lowest BCUT2D eigenvalue weighted by Crippen LogP contribution is -2.20. The average Bonchev–Trinajstić information content (AvgIpc) is 3.26. The molecule has 2 heterocycles. The van der Waals surface area contributed by atoms with Gasteiger partial charge in [0.1, 0.15) is 5.01 Å². The van der Waals surface area contributed by atoms with E-state index in [1.165, 1.54) is 0 Å². The Labute approximate surface area is 167 Å². The number of nitrogens with zero attached hydrogens (tertiary/aromatic N) is 3. The van der Waals surface area contributed by atoms with Crippen molar-refractivity contribution in [2.24, 2.45) is 0 Å². The minimum absolute atomic E-state index is 0.148. The molecule has 0 unspecified atom stereocenters. The van der Waals surface area contributed by atoms with Crippen LogP contribution in [-0.4, -0.2) is 20.7 Å². The van der Waals surface area contributed by atoms with Gasteiger partial charge in [-0.25, -0.2) is 9.67 Å². The first-order valence-electron chi connectivity index (χ1n) is 9.04. The first kappa shape index (κ1) is 18.1. The van der Waals surface area contributed by atoms with E-state index >= 15 is 0 Å². The van der Waals surface area contributed by atoms with Gasteiger partial charge in [0, 0.05) is 17.3 Å². The normalized spacial score (nSPS) is 11.4. The standard InChI is InChI=1S/C22H20N4OS/c1-15-18(16(2)26(25-15)17-8-4-3-5-9-17)12-13-21(27)23-14-22-24-19-10-6-7-11-20(19)28-22/h3-13H,14H2,1-2H3,(H,23,27)/b13-12+. The first-order chi connectivity index (χ1) is 13.6. The number of carbonyl (C=O) groups is 1. The van der Waals surface area contributed by atoms with Gasteiger partial charge in [0.05, 0.1) is 28.1 Å². The quantitative estimate of drug-likeness (QED) is 0.515. The molecule has 0 aliphatic carbocycles. The van der Waals surface area contributed by atoms with Crippen molar-refractivity contribution in [3.8, 4) is 5.69 Å². The van der Waals surface area contributed by atoms with Crippen molar-refractivity contribution in [2.75, 3.05) is 0 Å².